The zero-order chi connectivity index (χ0) is 13.0. The third-order valence-corrected chi connectivity index (χ3v) is 3.94. The van der Waals surface area contributed by atoms with Crippen LogP contribution in [-0.2, 0) is 19.4 Å². The fraction of sp³-hybridized carbons (Fsp3) is 0.286. The van der Waals surface area contributed by atoms with Crippen molar-refractivity contribution >= 4 is 17.1 Å². The summed E-state index contributed by atoms with van der Waals surface area (Å²) >= 11 is 1.49. The molecule has 1 aromatic carbocycles. The van der Waals surface area contributed by atoms with Crippen molar-refractivity contribution in [2.24, 2.45) is 5.73 Å². The summed E-state index contributed by atoms with van der Waals surface area (Å²) in [6, 6.07) is 7.85. The molecule has 2 rings (SSSR count). The second kappa shape index (κ2) is 5.89. The van der Waals surface area contributed by atoms with Gasteiger partial charge < -0.3 is 5.73 Å². The zero-order valence-electron chi connectivity index (χ0n) is 10.3. The van der Waals surface area contributed by atoms with E-state index in [4.69, 9.17) is 5.73 Å². The normalized spacial score (nSPS) is 10.6. The maximum atomic E-state index is 12.0. The number of thiazole rings is 1. The lowest BCUT2D eigenvalue weighted by atomic mass is 10.1. The zero-order valence-corrected chi connectivity index (χ0v) is 11.2. The molecule has 0 atom stereocenters. The highest BCUT2D eigenvalue weighted by molar-refractivity contribution is 7.13. The summed E-state index contributed by atoms with van der Waals surface area (Å²) in [6.07, 6.45) is 2.99. The van der Waals surface area contributed by atoms with Crippen LogP contribution in [-0.4, -0.2) is 10.8 Å². The third-order valence-electron chi connectivity index (χ3n) is 2.75. The average molecular weight is 260 g/mol. The van der Waals surface area contributed by atoms with Crippen LogP contribution in [0.2, 0.25) is 0 Å². The summed E-state index contributed by atoms with van der Waals surface area (Å²) < 4.78 is 0. The number of nitrogens with two attached hydrogens (primary N) is 1. The van der Waals surface area contributed by atoms with Crippen molar-refractivity contribution in [3.05, 3.63) is 51.5 Å². The Morgan fingerprint density at radius 3 is 2.50 bits per heavy atom. The Hall–Kier alpha value is -1.52. The Morgan fingerprint density at radius 2 is 1.94 bits per heavy atom. The highest BCUT2D eigenvalue weighted by atomic mass is 32.1. The molecule has 1 aromatic heterocycles. The van der Waals surface area contributed by atoms with Gasteiger partial charge in [-0.2, -0.15) is 0 Å². The number of ketones is 1. The van der Waals surface area contributed by atoms with Crippen molar-refractivity contribution in [1.82, 2.24) is 4.98 Å². The number of hydrogen-bond acceptors (Lipinski definition) is 4. The molecular formula is C14H16N2OS. The molecule has 0 aliphatic rings. The van der Waals surface area contributed by atoms with Crippen molar-refractivity contribution in [3.8, 4) is 0 Å². The molecule has 18 heavy (non-hydrogen) atoms. The number of carbonyl (C=O) groups is 1. The van der Waals surface area contributed by atoms with Gasteiger partial charge in [0.05, 0.1) is 9.88 Å². The summed E-state index contributed by atoms with van der Waals surface area (Å²) in [7, 11) is 0. The van der Waals surface area contributed by atoms with E-state index in [2.05, 4.69) is 4.98 Å². The van der Waals surface area contributed by atoms with Crippen LogP contribution >= 0.6 is 11.3 Å². The fourth-order valence-electron chi connectivity index (χ4n) is 1.67. The molecule has 0 unspecified atom stereocenters. The van der Waals surface area contributed by atoms with Gasteiger partial charge in [-0.1, -0.05) is 31.2 Å². The highest BCUT2D eigenvalue weighted by Crippen LogP contribution is 2.16. The standard InChI is InChI=1S/C14H16N2OS/c1-2-14-16-9-13(18-14)12(17)7-10-3-5-11(8-15)6-4-10/h3-6,9H,2,7-8,15H2,1H3. The maximum Gasteiger partial charge on any atom is 0.178 e. The van der Waals surface area contributed by atoms with Gasteiger partial charge in [0.15, 0.2) is 5.78 Å². The van der Waals surface area contributed by atoms with Crippen molar-refractivity contribution < 1.29 is 4.79 Å². The van der Waals surface area contributed by atoms with Gasteiger partial charge in [0.25, 0.3) is 0 Å². The van der Waals surface area contributed by atoms with E-state index in [9.17, 15) is 4.79 Å². The SMILES string of the molecule is CCc1ncc(C(=O)Cc2ccc(CN)cc2)s1. The summed E-state index contributed by atoms with van der Waals surface area (Å²) in [5.74, 6) is 0.132. The van der Waals surface area contributed by atoms with Gasteiger partial charge in [0.2, 0.25) is 0 Å². The molecule has 2 aromatic rings. The van der Waals surface area contributed by atoms with E-state index in [-0.39, 0.29) is 5.78 Å². The van der Waals surface area contributed by atoms with Crippen molar-refractivity contribution in [2.75, 3.05) is 0 Å². The van der Waals surface area contributed by atoms with Gasteiger partial charge in [0, 0.05) is 19.2 Å². The summed E-state index contributed by atoms with van der Waals surface area (Å²) in [5.41, 5.74) is 7.63. The Morgan fingerprint density at radius 1 is 1.28 bits per heavy atom. The Kier molecular flexibility index (Phi) is 4.23. The quantitative estimate of drug-likeness (QED) is 0.841. The molecule has 3 nitrogen and oxygen atoms in total. The second-order valence-corrected chi connectivity index (χ2v) is 5.21. The Bertz CT molecular complexity index is 531. The summed E-state index contributed by atoms with van der Waals surface area (Å²) in [5, 5.41) is 1.01. The molecule has 0 bridgehead atoms. The van der Waals surface area contributed by atoms with E-state index in [0.29, 0.717) is 13.0 Å². The second-order valence-electron chi connectivity index (χ2n) is 4.09. The van der Waals surface area contributed by atoms with Gasteiger partial charge in [-0.15, -0.1) is 11.3 Å². The lowest BCUT2D eigenvalue weighted by molar-refractivity contribution is 0.0996. The first-order chi connectivity index (χ1) is 8.72. The van der Waals surface area contributed by atoms with Crippen LogP contribution in [0.4, 0.5) is 0 Å². The predicted molar refractivity (Wildman–Crippen MR) is 73.9 cm³/mol. The van der Waals surface area contributed by atoms with Crippen LogP contribution in [0.25, 0.3) is 0 Å². The molecule has 0 aliphatic carbocycles. The first-order valence-corrected chi connectivity index (χ1v) is 6.80. The van der Waals surface area contributed by atoms with E-state index in [1.54, 1.807) is 6.20 Å². The van der Waals surface area contributed by atoms with Crippen LogP contribution in [0.1, 0.15) is 32.7 Å². The van der Waals surface area contributed by atoms with Crippen LogP contribution in [0.5, 0.6) is 0 Å². The number of Topliss-reactive ketones (excluding diaryl/α,β-unsaturated/α-hetero) is 1. The first-order valence-electron chi connectivity index (χ1n) is 5.98. The minimum Gasteiger partial charge on any atom is -0.326 e. The minimum atomic E-state index is 0.132. The molecule has 0 radical (unpaired) electrons. The maximum absolute atomic E-state index is 12.0. The van der Waals surface area contributed by atoms with Gasteiger partial charge >= 0.3 is 0 Å². The van der Waals surface area contributed by atoms with Gasteiger partial charge in [-0.05, 0) is 17.5 Å². The largest absolute Gasteiger partial charge is 0.326 e. The van der Waals surface area contributed by atoms with E-state index in [0.717, 1.165) is 27.4 Å². The highest BCUT2D eigenvalue weighted by Gasteiger charge is 2.10. The number of rotatable bonds is 5. The van der Waals surface area contributed by atoms with E-state index >= 15 is 0 Å². The Labute approximate surface area is 111 Å². The van der Waals surface area contributed by atoms with Crippen LogP contribution < -0.4 is 5.73 Å². The molecule has 4 heteroatoms. The monoisotopic (exact) mass is 260 g/mol. The molecule has 0 fully saturated rings. The topological polar surface area (TPSA) is 56.0 Å². The van der Waals surface area contributed by atoms with Crippen molar-refractivity contribution in [2.45, 2.75) is 26.3 Å². The number of aromatic nitrogens is 1. The summed E-state index contributed by atoms with van der Waals surface area (Å²) in [6.45, 7) is 2.57. The van der Waals surface area contributed by atoms with Gasteiger partial charge in [-0.3, -0.25) is 4.79 Å². The smallest absolute Gasteiger partial charge is 0.178 e. The average Bonchev–Trinajstić information content (AvgIpc) is 2.88. The molecule has 0 saturated heterocycles. The van der Waals surface area contributed by atoms with Crippen molar-refractivity contribution in [3.63, 3.8) is 0 Å². The van der Waals surface area contributed by atoms with Crippen LogP contribution in [0.15, 0.2) is 30.5 Å². The minimum absolute atomic E-state index is 0.132. The van der Waals surface area contributed by atoms with E-state index < -0.39 is 0 Å². The van der Waals surface area contributed by atoms with E-state index in [1.807, 2.05) is 31.2 Å². The predicted octanol–water partition coefficient (Wildman–Crippen LogP) is 2.59. The molecule has 0 aliphatic heterocycles. The molecule has 0 saturated carbocycles. The molecule has 0 spiro atoms. The third kappa shape index (κ3) is 3.03. The summed E-state index contributed by atoms with van der Waals surface area (Å²) in [4.78, 5) is 17.0. The number of hydrogen-bond donors (Lipinski definition) is 1. The number of aryl methyl sites for hydroxylation is 1. The lowest BCUT2D eigenvalue weighted by Crippen LogP contribution is -2.02. The molecule has 94 valence electrons. The van der Waals surface area contributed by atoms with Gasteiger partial charge in [-0.25, -0.2) is 4.98 Å². The van der Waals surface area contributed by atoms with E-state index in [1.165, 1.54) is 11.3 Å². The number of benzene rings is 1. The van der Waals surface area contributed by atoms with Crippen molar-refractivity contribution in [1.29, 1.82) is 0 Å². The molecular weight excluding hydrogens is 244 g/mol. The fourth-order valence-corrected chi connectivity index (χ4v) is 2.46. The number of carbonyl (C=O) groups excluding carboxylic acids is 1. The van der Waals surface area contributed by atoms with Crippen LogP contribution in [0.3, 0.4) is 0 Å². The molecule has 0 amide bonds. The van der Waals surface area contributed by atoms with Crippen LogP contribution in [0, 0.1) is 0 Å². The molecule has 1 heterocycles. The first kappa shape index (κ1) is 12.9. The van der Waals surface area contributed by atoms with Gasteiger partial charge in [0.1, 0.15) is 0 Å². The molecule has 2 N–H and O–H groups in total. The lowest BCUT2D eigenvalue weighted by Gasteiger charge is -2.01. The Balaban J connectivity index is 2.06. The number of nitrogens with zero attached hydrogens (tertiary/aromatic N) is 1.